The summed E-state index contributed by atoms with van der Waals surface area (Å²) in [4.78, 5) is 36.6. The highest BCUT2D eigenvalue weighted by molar-refractivity contribution is 5.90. The van der Waals surface area contributed by atoms with Crippen LogP contribution < -0.4 is 10.2 Å². The van der Waals surface area contributed by atoms with Crippen molar-refractivity contribution in [3.8, 4) is 17.2 Å². The maximum atomic E-state index is 14.9. The van der Waals surface area contributed by atoms with Gasteiger partial charge in [-0.2, -0.15) is 0 Å². The largest absolute Gasteiger partial charge is 0.442 e. The molecule has 0 bridgehead atoms. The normalized spacial score (nSPS) is 15.9. The fraction of sp³-hybridized carbons (Fsp3) is 0.182. The topological polar surface area (TPSA) is 105 Å². The number of amides is 2. The first-order valence-corrected chi connectivity index (χ1v) is 9.99. The van der Waals surface area contributed by atoms with Gasteiger partial charge >= 0.3 is 6.09 Å². The number of H-pyrrole nitrogens is 1. The average Bonchev–Trinajstić information content (AvgIpc) is 3.49. The molecule has 4 aromatic rings. The maximum Gasteiger partial charge on any atom is 0.414 e. The number of nitrogens with one attached hydrogen (secondary N) is 2. The molecule has 1 unspecified atom stereocenters. The van der Waals surface area contributed by atoms with Crippen molar-refractivity contribution in [1.29, 1.82) is 0 Å². The Labute approximate surface area is 181 Å². The van der Waals surface area contributed by atoms with Crippen LogP contribution in [0.5, 0.6) is 0 Å². The number of rotatable bonds is 5. The molecule has 1 atom stereocenters. The van der Waals surface area contributed by atoms with Crippen molar-refractivity contribution in [3.63, 3.8) is 0 Å². The molecule has 0 spiro atoms. The number of cyclic esters (lactones) is 1. The quantitative estimate of drug-likeness (QED) is 0.502. The van der Waals surface area contributed by atoms with Crippen molar-refractivity contribution in [1.82, 2.24) is 24.8 Å². The lowest BCUT2D eigenvalue weighted by Gasteiger charge is -2.14. The predicted octanol–water partition coefficient (Wildman–Crippen LogP) is 3.02. The zero-order valence-electron chi connectivity index (χ0n) is 17.1. The van der Waals surface area contributed by atoms with E-state index in [1.54, 1.807) is 22.9 Å². The van der Waals surface area contributed by atoms with Gasteiger partial charge in [-0.1, -0.05) is 12.1 Å². The molecule has 1 aliphatic heterocycles. The molecule has 10 heteroatoms. The Morgan fingerprint density at radius 3 is 2.94 bits per heavy atom. The highest BCUT2D eigenvalue weighted by Crippen LogP contribution is 2.26. The first-order chi connectivity index (χ1) is 15.5. The minimum absolute atomic E-state index is 0.206. The molecular formula is C22H19FN6O3. The number of fused-ring (bicyclic) bond motifs is 1. The number of carbonyl (C=O) groups is 2. The SMILES string of the molecule is CC(=O)NCC1CN(c2ccc(-n3cnc(-c4nc5ccccc5[nH]4)c3)c(F)c2)C(=O)O1. The highest BCUT2D eigenvalue weighted by atomic mass is 19.1. The molecule has 0 radical (unpaired) electrons. The van der Waals surface area contributed by atoms with Crippen molar-refractivity contribution in [2.75, 3.05) is 18.0 Å². The van der Waals surface area contributed by atoms with E-state index in [0.717, 1.165) is 11.0 Å². The summed E-state index contributed by atoms with van der Waals surface area (Å²) in [7, 11) is 0. The summed E-state index contributed by atoms with van der Waals surface area (Å²) in [6, 6.07) is 12.1. The molecule has 2 amide bonds. The fourth-order valence-corrected chi connectivity index (χ4v) is 3.62. The predicted molar refractivity (Wildman–Crippen MR) is 115 cm³/mol. The van der Waals surface area contributed by atoms with Gasteiger partial charge in [0.2, 0.25) is 5.91 Å². The summed E-state index contributed by atoms with van der Waals surface area (Å²) in [5, 5.41) is 2.61. The zero-order valence-corrected chi connectivity index (χ0v) is 17.1. The number of benzene rings is 2. The molecule has 5 rings (SSSR count). The van der Waals surface area contributed by atoms with Gasteiger partial charge in [0.25, 0.3) is 0 Å². The van der Waals surface area contributed by atoms with Gasteiger partial charge < -0.3 is 19.6 Å². The van der Waals surface area contributed by atoms with Crippen LogP contribution in [0.3, 0.4) is 0 Å². The van der Waals surface area contributed by atoms with Crippen LogP contribution in [0, 0.1) is 5.82 Å². The monoisotopic (exact) mass is 434 g/mol. The van der Waals surface area contributed by atoms with Crippen LogP contribution in [0.4, 0.5) is 14.9 Å². The number of imidazole rings is 2. The average molecular weight is 434 g/mol. The van der Waals surface area contributed by atoms with E-state index in [4.69, 9.17) is 4.74 Å². The molecule has 3 heterocycles. The van der Waals surface area contributed by atoms with Crippen LogP contribution in [-0.2, 0) is 9.53 Å². The van der Waals surface area contributed by atoms with E-state index in [0.29, 0.717) is 17.2 Å². The Kier molecular flexibility index (Phi) is 4.81. The second-order valence-corrected chi connectivity index (χ2v) is 7.46. The van der Waals surface area contributed by atoms with Gasteiger partial charge in [0.15, 0.2) is 5.82 Å². The molecule has 2 aromatic heterocycles. The molecule has 162 valence electrons. The lowest BCUT2D eigenvalue weighted by atomic mass is 10.2. The number of para-hydroxylation sites is 2. The molecule has 2 aromatic carbocycles. The van der Waals surface area contributed by atoms with Gasteiger partial charge in [-0.05, 0) is 30.3 Å². The lowest BCUT2D eigenvalue weighted by Crippen LogP contribution is -2.33. The molecular weight excluding hydrogens is 415 g/mol. The molecule has 9 nitrogen and oxygen atoms in total. The number of aromatic nitrogens is 4. The summed E-state index contributed by atoms with van der Waals surface area (Å²) < 4.78 is 21.7. The Balaban J connectivity index is 1.36. The summed E-state index contributed by atoms with van der Waals surface area (Å²) in [5.74, 6) is -0.140. The van der Waals surface area contributed by atoms with Crippen molar-refractivity contribution in [3.05, 3.63) is 60.8 Å². The van der Waals surface area contributed by atoms with Gasteiger partial charge in [0, 0.05) is 13.1 Å². The third kappa shape index (κ3) is 3.66. The van der Waals surface area contributed by atoms with Crippen LogP contribution in [0.2, 0.25) is 0 Å². The summed E-state index contributed by atoms with van der Waals surface area (Å²) in [6.07, 6.45) is 2.12. The number of halogens is 1. The van der Waals surface area contributed by atoms with E-state index in [-0.39, 0.29) is 24.7 Å². The molecule has 1 saturated heterocycles. The van der Waals surface area contributed by atoms with Gasteiger partial charge in [0.1, 0.15) is 23.9 Å². The molecule has 1 aliphatic rings. The first kappa shape index (κ1) is 19.7. The maximum absolute atomic E-state index is 14.9. The van der Waals surface area contributed by atoms with Crippen LogP contribution >= 0.6 is 0 Å². The van der Waals surface area contributed by atoms with Crippen molar-refractivity contribution in [2.24, 2.45) is 0 Å². The summed E-state index contributed by atoms with van der Waals surface area (Å²) in [6.45, 7) is 1.81. The number of anilines is 1. The van der Waals surface area contributed by atoms with E-state index in [9.17, 15) is 14.0 Å². The van der Waals surface area contributed by atoms with Crippen LogP contribution in [0.15, 0.2) is 55.0 Å². The van der Waals surface area contributed by atoms with E-state index in [1.807, 2.05) is 24.3 Å². The minimum atomic E-state index is -0.581. The number of hydrogen-bond donors (Lipinski definition) is 2. The second-order valence-electron chi connectivity index (χ2n) is 7.46. The van der Waals surface area contributed by atoms with Gasteiger partial charge in [-0.3, -0.25) is 9.69 Å². The van der Waals surface area contributed by atoms with Gasteiger partial charge in [-0.15, -0.1) is 0 Å². The fourth-order valence-electron chi connectivity index (χ4n) is 3.62. The van der Waals surface area contributed by atoms with Crippen molar-refractivity contribution >= 4 is 28.7 Å². The Morgan fingerprint density at radius 2 is 2.16 bits per heavy atom. The molecule has 1 fully saturated rings. The highest BCUT2D eigenvalue weighted by Gasteiger charge is 2.32. The summed E-state index contributed by atoms with van der Waals surface area (Å²) in [5.41, 5.74) is 2.95. The number of ether oxygens (including phenoxy) is 1. The molecule has 32 heavy (non-hydrogen) atoms. The number of nitrogens with zero attached hydrogens (tertiary/aromatic N) is 4. The van der Waals surface area contributed by atoms with E-state index >= 15 is 0 Å². The zero-order chi connectivity index (χ0) is 22.2. The van der Waals surface area contributed by atoms with E-state index in [1.165, 1.54) is 24.2 Å². The lowest BCUT2D eigenvalue weighted by molar-refractivity contribution is -0.119. The van der Waals surface area contributed by atoms with Crippen molar-refractivity contribution < 1.29 is 18.7 Å². The van der Waals surface area contributed by atoms with Gasteiger partial charge in [-0.25, -0.2) is 19.2 Å². The van der Waals surface area contributed by atoms with Crippen molar-refractivity contribution in [2.45, 2.75) is 13.0 Å². The molecule has 0 aliphatic carbocycles. The minimum Gasteiger partial charge on any atom is -0.442 e. The number of carbonyl (C=O) groups excluding carboxylic acids is 2. The van der Waals surface area contributed by atoms with E-state index in [2.05, 4.69) is 20.3 Å². The van der Waals surface area contributed by atoms with Crippen LogP contribution in [0.1, 0.15) is 6.92 Å². The molecule has 0 saturated carbocycles. The smallest absolute Gasteiger partial charge is 0.414 e. The number of aromatic amines is 1. The summed E-state index contributed by atoms with van der Waals surface area (Å²) >= 11 is 0. The molecule has 2 N–H and O–H groups in total. The Morgan fingerprint density at radius 1 is 1.31 bits per heavy atom. The second kappa shape index (κ2) is 7.80. The first-order valence-electron chi connectivity index (χ1n) is 9.99. The Hall–Kier alpha value is -4.21. The third-order valence-electron chi connectivity index (χ3n) is 5.19. The van der Waals surface area contributed by atoms with Crippen LogP contribution in [-0.4, -0.2) is 50.7 Å². The third-order valence-corrected chi connectivity index (χ3v) is 5.19. The Bertz CT molecular complexity index is 1300. The van der Waals surface area contributed by atoms with Gasteiger partial charge in [0.05, 0.1) is 35.5 Å². The number of hydrogen-bond acceptors (Lipinski definition) is 5. The van der Waals surface area contributed by atoms with E-state index < -0.39 is 18.0 Å². The standard InChI is InChI=1S/C22H19FN6O3/c1-13(30)24-9-15-10-29(22(31)32-15)14-6-7-20(16(23)8-14)28-11-19(25-12-28)21-26-17-4-2-3-5-18(17)27-21/h2-8,11-12,15H,9-10H2,1H3,(H,24,30)(H,26,27). The van der Waals surface area contributed by atoms with Crippen LogP contribution in [0.25, 0.3) is 28.2 Å².